The number of amides is 1. The summed E-state index contributed by atoms with van der Waals surface area (Å²) in [5.74, 6) is 0.843. The quantitative estimate of drug-likeness (QED) is 0.679. The zero-order valence-electron chi connectivity index (χ0n) is 13.3. The maximum absolute atomic E-state index is 10.7. The summed E-state index contributed by atoms with van der Waals surface area (Å²) in [5, 5.41) is 20.2. The lowest BCUT2D eigenvalue weighted by molar-refractivity contribution is 0.209. The summed E-state index contributed by atoms with van der Waals surface area (Å²) < 4.78 is 0. The van der Waals surface area contributed by atoms with E-state index in [0.29, 0.717) is 16.9 Å². The van der Waals surface area contributed by atoms with Gasteiger partial charge in [-0.25, -0.2) is 14.8 Å². The van der Waals surface area contributed by atoms with Crippen molar-refractivity contribution in [1.29, 1.82) is 5.26 Å². The van der Waals surface area contributed by atoms with Crippen LogP contribution in [0.4, 0.5) is 10.5 Å². The predicted molar refractivity (Wildman–Crippen MR) is 91.3 cm³/mol. The van der Waals surface area contributed by atoms with Crippen LogP contribution in [-0.4, -0.2) is 26.2 Å². The van der Waals surface area contributed by atoms with Crippen LogP contribution in [0, 0.1) is 11.3 Å². The Bertz CT molecular complexity index is 996. The van der Waals surface area contributed by atoms with Gasteiger partial charge in [-0.15, -0.1) is 0 Å². The number of hydrogen-bond donors (Lipinski definition) is 3. The molecule has 0 radical (unpaired) electrons. The fourth-order valence-corrected chi connectivity index (χ4v) is 3.38. The van der Waals surface area contributed by atoms with Crippen molar-refractivity contribution in [3.8, 4) is 6.07 Å². The molecule has 0 aliphatic heterocycles. The van der Waals surface area contributed by atoms with Crippen LogP contribution in [0.3, 0.4) is 0 Å². The van der Waals surface area contributed by atoms with Crippen LogP contribution in [0.5, 0.6) is 0 Å². The second-order valence-corrected chi connectivity index (χ2v) is 6.24. The molecule has 124 valence electrons. The molecule has 0 saturated heterocycles. The Kier molecular flexibility index (Phi) is 3.39. The topological polar surface area (TPSA) is 115 Å². The van der Waals surface area contributed by atoms with E-state index >= 15 is 0 Å². The third-order valence-electron chi connectivity index (χ3n) is 4.82. The zero-order chi connectivity index (χ0) is 17.4. The van der Waals surface area contributed by atoms with Gasteiger partial charge >= 0.3 is 6.09 Å². The lowest BCUT2D eigenvalue weighted by atomic mass is 9.64. The Balaban J connectivity index is 1.73. The number of carboxylic acid groups (broad SMARTS) is 1. The summed E-state index contributed by atoms with van der Waals surface area (Å²) >= 11 is 0. The third-order valence-corrected chi connectivity index (χ3v) is 4.82. The summed E-state index contributed by atoms with van der Waals surface area (Å²) in [6.07, 6.45) is 3.46. The molecule has 1 aliphatic carbocycles. The molecule has 2 heterocycles. The number of aromatic nitrogens is 3. The van der Waals surface area contributed by atoms with Crippen molar-refractivity contribution in [3.63, 3.8) is 0 Å². The van der Waals surface area contributed by atoms with Gasteiger partial charge < -0.3 is 10.1 Å². The van der Waals surface area contributed by atoms with Gasteiger partial charge in [0.1, 0.15) is 11.9 Å². The van der Waals surface area contributed by atoms with E-state index in [1.807, 2.05) is 12.1 Å². The molecule has 1 aromatic carbocycles. The van der Waals surface area contributed by atoms with E-state index in [4.69, 9.17) is 10.4 Å². The molecule has 3 aromatic rings. The highest BCUT2D eigenvalue weighted by Crippen LogP contribution is 2.48. The zero-order valence-corrected chi connectivity index (χ0v) is 13.3. The number of fused-ring (bicyclic) bond motifs is 1. The predicted octanol–water partition coefficient (Wildman–Crippen LogP) is 3.39. The second-order valence-electron chi connectivity index (χ2n) is 6.24. The number of benzene rings is 1. The lowest BCUT2D eigenvalue weighted by Crippen LogP contribution is -2.36. The lowest BCUT2D eigenvalue weighted by Gasteiger charge is -2.40. The molecule has 0 spiro atoms. The number of nitrogens with one attached hydrogen (secondary N) is 2. The first-order valence-corrected chi connectivity index (χ1v) is 7.97. The minimum absolute atomic E-state index is 0.213. The van der Waals surface area contributed by atoms with E-state index in [-0.39, 0.29) is 5.41 Å². The van der Waals surface area contributed by atoms with Crippen LogP contribution < -0.4 is 5.32 Å². The molecule has 1 fully saturated rings. The monoisotopic (exact) mass is 333 g/mol. The van der Waals surface area contributed by atoms with E-state index < -0.39 is 6.09 Å². The number of pyridine rings is 1. The number of nitriles is 1. The molecule has 1 saturated carbocycles. The van der Waals surface area contributed by atoms with E-state index in [0.717, 1.165) is 36.2 Å². The molecule has 2 aromatic heterocycles. The molecule has 1 aliphatic rings. The van der Waals surface area contributed by atoms with E-state index in [1.54, 1.807) is 18.2 Å². The molecule has 4 rings (SSSR count). The van der Waals surface area contributed by atoms with Crippen molar-refractivity contribution < 1.29 is 9.90 Å². The number of anilines is 1. The normalized spacial score (nSPS) is 15.3. The average Bonchev–Trinajstić information content (AvgIpc) is 2.97. The highest BCUT2D eigenvalue weighted by molar-refractivity contribution is 5.82. The molecule has 0 atom stereocenters. The van der Waals surface area contributed by atoms with Crippen molar-refractivity contribution in [2.75, 3.05) is 5.32 Å². The molecule has 7 nitrogen and oxygen atoms in total. The number of aromatic amines is 1. The van der Waals surface area contributed by atoms with Gasteiger partial charge in [-0.05, 0) is 36.6 Å². The summed E-state index contributed by atoms with van der Waals surface area (Å²) in [4.78, 5) is 22.9. The van der Waals surface area contributed by atoms with Crippen molar-refractivity contribution >= 4 is 22.9 Å². The van der Waals surface area contributed by atoms with Gasteiger partial charge in [-0.2, -0.15) is 5.26 Å². The molecule has 25 heavy (non-hydrogen) atoms. The number of H-pyrrole nitrogens is 1. The molecular formula is C18H15N5O2. The summed E-state index contributed by atoms with van der Waals surface area (Å²) in [6.45, 7) is 0. The largest absolute Gasteiger partial charge is 0.465 e. The molecule has 1 amide bonds. The van der Waals surface area contributed by atoms with E-state index in [1.165, 1.54) is 6.20 Å². The highest BCUT2D eigenvalue weighted by Gasteiger charge is 2.43. The van der Waals surface area contributed by atoms with Crippen LogP contribution in [0.1, 0.15) is 36.2 Å². The van der Waals surface area contributed by atoms with Crippen LogP contribution in [0.15, 0.2) is 36.5 Å². The van der Waals surface area contributed by atoms with Gasteiger partial charge in [0.15, 0.2) is 5.65 Å². The van der Waals surface area contributed by atoms with Crippen LogP contribution >= 0.6 is 0 Å². The first kappa shape index (κ1) is 15.1. The van der Waals surface area contributed by atoms with Crippen molar-refractivity contribution in [1.82, 2.24) is 15.0 Å². The van der Waals surface area contributed by atoms with Crippen molar-refractivity contribution in [2.45, 2.75) is 24.7 Å². The Hall–Kier alpha value is -3.40. The maximum Gasteiger partial charge on any atom is 0.409 e. The first-order valence-electron chi connectivity index (χ1n) is 7.97. The van der Waals surface area contributed by atoms with Crippen molar-refractivity contribution in [3.05, 3.63) is 53.5 Å². The van der Waals surface area contributed by atoms with Gasteiger partial charge in [-0.1, -0.05) is 18.6 Å². The molecule has 7 heteroatoms. The van der Waals surface area contributed by atoms with Gasteiger partial charge in [0.2, 0.25) is 0 Å². The summed E-state index contributed by atoms with van der Waals surface area (Å²) in [5.41, 5.74) is 3.27. The minimum Gasteiger partial charge on any atom is -0.465 e. The number of imidazole rings is 1. The standard InChI is InChI=1S/C18H15N5O2/c19-9-11-8-14-15(20-10-11)23-16(22-14)18(6-1-7-18)12-2-4-13(5-3-12)21-17(24)25/h2-5,8,10,21H,1,6-7H2,(H,24,25)(H,20,22,23). The molecule has 0 unspecified atom stereocenters. The summed E-state index contributed by atoms with van der Waals surface area (Å²) in [6, 6.07) is 11.2. The number of rotatable bonds is 3. The van der Waals surface area contributed by atoms with Crippen LogP contribution in [0.25, 0.3) is 11.2 Å². The van der Waals surface area contributed by atoms with E-state index in [9.17, 15) is 4.79 Å². The third kappa shape index (κ3) is 2.48. The van der Waals surface area contributed by atoms with Gasteiger partial charge in [0.25, 0.3) is 0 Å². The Labute approximate surface area is 143 Å². The SMILES string of the molecule is N#Cc1cnc2nc(C3(c4ccc(NC(=O)O)cc4)CCC3)[nH]c2c1. The molecule has 3 N–H and O–H groups in total. The van der Waals surface area contributed by atoms with Crippen LogP contribution in [0.2, 0.25) is 0 Å². The second kappa shape index (κ2) is 5.60. The Morgan fingerprint density at radius 3 is 2.68 bits per heavy atom. The fraction of sp³-hybridized carbons (Fsp3) is 0.222. The van der Waals surface area contributed by atoms with Gasteiger partial charge in [0.05, 0.1) is 16.5 Å². The van der Waals surface area contributed by atoms with Crippen molar-refractivity contribution in [2.24, 2.45) is 0 Å². The number of nitrogens with zero attached hydrogens (tertiary/aromatic N) is 3. The summed E-state index contributed by atoms with van der Waals surface area (Å²) in [7, 11) is 0. The van der Waals surface area contributed by atoms with Crippen LogP contribution in [-0.2, 0) is 5.41 Å². The Morgan fingerprint density at radius 2 is 2.08 bits per heavy atom. The number of hydrogen-bond acceptors (Lipinski definition) is 4. The van der Waals surface area contributed by atoms with E-state index in [2.05, 4.69) is 26.3 Å². The van der Waals surface area contributed by atoms with Gasteiger partial charge in [0, 0.05) is 11.9 Å². The molecule has 0 bridgehead atoms. The highest BCUT2D eigenvalue weighted by atomic mass is 16.4. The molecular weight excluding hydrogens is 318 g/mol. The number of carbonyl (C=O) groups is 1. The smallest absolute Gasteiger partial charge is 0.409 e. The average molecular weight is 333 g/mol. The first-order chi connectivity index (χ1) is 12.1. The van der Waals surface area contributed by atoms with Gasteiger partial charge in [-0.3, -0.25) is 5.32 Å². The maximum atomic E-state index is 10.7. The fourth-order valence-electron chi connectivity index (χ4n) is 3.38. The minimum atomic E-state index is -1.08. The Morgan fingerprint density at radius 1 is 1.32 bits per heavy atom.